The monoisotopic (exact) mass is 373 g/mol. The molecule has 4 nitrogen and oxygen atoms in total. The number of benzene rings is 2. The number of nitrogens with zero attached hydrogens (tertiary/aromatic N) is 2. The van der Waals surface area contributed by atoms with Gasteiger partial charge in [-0.1, -0.05) is 47.0 Å². The molecule has 0 aliphatic carbocycles. The molecule has 0 spiro atoms. The number of aromatic nitrogens is 2. The van der Waals surface area contributed by atoms with Crippen LogP contribution in [0.4, 0.5) is 5.82 Å². The predicted molar refractivity (Wildman–Crippen MR) is 102 cm³/mol. The molecule has 6 heteroatoms. The number of halogens is 2. The molecule has 3 aromatic rings. The van der Waals surface area contributed by atoms with E-state index in [-0.39, 0.29) is 5.91 Å². The number of aryl methyl sites for hydroxylation is 2. The van der Waals surface area contributed by atoms with Gasteiger partial charge in [0.15, 0.2) is 5.82 Å². The Labute approximate surface area is 156 Å². The van der Waals surface area contributed by atoms with Gasteiger partial charge in [-0.05, 0) is 43.7 Å². The number of carbonyl (C=O) groups is 1. The molecular formula is C19H17Cl2N3O. The van der Waals surface area contributed by atoms with Crippen molar-refractivity contribution in [1.82, 2.24) is 9.78 Å². The highest BCUT2D eigenvalue weighted by Gasteiger charge is 2.11. The van der Waals surface area contributed by atoms with Gasteiger partial charge in [0.2, 0.25) is 0 Å². The first-order chi connectivity index (χ1) is 11.9. The second kappa shape index (κ2) is 7.30. The molecule has 0 saturated heterocycles. The summed E-state index contributed by atoms with van der Waals surface area (Å²) in [6.45, 7) is 4.38. The zero-order chi connectivity index (χ0) is 18.0. The fourth-order valence-corrected chi connectivity index (χ4v) is 2.99. The van der Waals surface area contributed by atoms with Gasteiger partial charge >= 0.3 is 0 Å². The third-order valence-electron chi connectivity index (χ3n) is 3.84. The average Bonchev–Trinajstić information content (AvgIpc) is 2.89. The van der Waals surface area contributed by atoms with E-state index in [9.17, 15) is 4.79 Å². The smallest absolute Gasteiger partial charge is 0.256 e. The van der Waals surface area contributed by atoms with Crippen LogP contribution in [0.25, 0.3) is 0 Å². The molecule has 1 amide bonds. The lowest BCUT2D eigenvalue weighted by atomic mass is 10.1. The number of hydrogen-bond acceptors (Lipinski definition) is 2. The molecule has 0 radical (unpaired) electrons. The molecule has 3 rings (SSSR count). The van der Waals surface area contributed by atoms with E-state index < -0.39 is 0 Å². The Balaban J connectivity index is 1.77. The number of carbonyl (C=O) groups excluding carboxylic acids is 1. The lowest BCUT2D eigenvalue weighted by molar-refractivity contribution is 0.102. The molecule has 2 aromatic carbocycles. The van der Waals surface area contributed by atoms with Gasteiger partial charge in [-0.25, -0.2) is 0 Å². The van der Waals surface area contributed by atoms with Crippen molar-refractivity contribution in [1.29, 1.82) is 0 Å². The van der Waals surface area contributed by atoms with E-state index in [2.05, 4.69) is 10.4 Å². The number of hydrogen-bond donors (Lipinski definition) is 1. The number of nitrogens with one attached hydrogen (secondary N) is 1. The lowest BCUT2D eigenvalue weighted by Gasteiger charge is -2.07. The van der Waals surface area contributed by atoms with Gasteiger partial charge in [-0.2, -0.15) is 5.10 Å². The van der Waals surface area contributed by atoms with E-state index in [0.29, 0.717) is 28.0 Å². The van der Waals surface area contributed by atoms with Gasteiger partial charge in [-0.15, -0.1) is 0 Å². The number of rotatable bonds is 4. The van der Waals surface area contributed by atoms with Gasteiger partial charge in [-0.3, -0.25) is 9.48 Å². The first-order valence-corrected chi connectivity index (χ1v) is 8.54. The summed E-state index contributed by atoms with van der Waals surface area (Å²) < 4.78 is 1.79. The summed E-state index contributed by atoms with van der Waals surface area (Å²) in [4.78, 5) is 12.3. The summed E-state index contributed by atoms with van der Waals surface area (Å²) in [5.41, 5.74) is 3.47. The summed E-state index contributed by atoms with van der Waals surface area (Å²) in [6, 6.07) is 14.6. The van der Waals surface area contributed by atoms with Crippen LogP contribution in [-0.4, -0.2) is 15.7 Å². The Morgan fingerprint density at radius 1 is 1.12 bits per heavy atom. The summed E-state index contributed by atoms with van der Waals surface area (Å²) in [5.74, 6) is 0.326. The van der Waals surface area contributed by atoms with Crippen LogP contribution in [0.3, 0.4) is 0 Å². The first kappa shape index (κ1) is 17.5. The predicted octanol–water partition coefficient (Wildman–Crippen LogP) is 5.11. The van der Waals surface area contributed by atoms with Gasteiger partial charge in [0.25, 0.3) is 5.91 Å². The van der Waals surface area contributed by atoms with E-state index in [1.54, 1.807) is 22.9 Å². The molecule has 1 aromatic heterocycles. The van der Waals surface area contributed by atoms with Gasteiger partial charge in [0.05, 0.1) is 6.54 Å². The van der Waals surface area contributed by atoms with E-state index in [1.807, 2.05) is 44.2 Å². The summed E-state index contributed by atoms with van der Waals surface area (Å²) >= 11 is 12.1. The Hall–Kier alpha value is -2.30. The lowest BCUT2D eigenvalue weighted by Crippen LogP contribution is -2.13. The number of amides is 1. The molecular weight excluding hydrogens is 357 g/mol. The van der Waals surface area contributed by atoms with E-state index in [1.165, 1.54) is 0 Å². The minimum absolute atomic E-state index is 0.183. The Morgan fingerprint density at radius 2 is 1.92 bits per heavy atom. The zero-order valence-electron chi connectivity index (χ0n) is 13.9. The number of anilines is 1. The largest absolute Gasteiger partial charge is 0.305 e. The topological polar surface area (TPSA) is 46.9 Å². The molecule has 1 N–H and O–H groups in total. The molecule has 0 saturated carbocycles. The van der Waals surface area contributed by atoms with Crippen LogP contribution in [0, 0.1) is 13.8 Å². The Bertz CT molecular complexity index is 934. The molecule has 128 valence electrons. The van der Waals surface area contributed by atoms with Crippen molar-refractivity contribution in [2.75, 3.05) is 5.32 Å². The molecule has 0 fully saturated rings. The van der Waals surface area contributed by atoms with Crippen LogP contribution in [0.1, 0.15) is 27.2 Å². The summed E-state index contributed by atoms with van der Waals surface area (Å²) in [7, 11) is 0. The molecule has 0 aliphatic heterocycles. The van der Waals surface area contributed by atoms with Crippen LogP contribution in [0.15, 0.2) is 48.5 Å². The molecule has 0 bridgehead atoms. The van der Waals surface area contributed by atoms with Crippen molar-refractivity contribution >= 4 is 34.9 Å². The summed E-state index contributed by atoms with van der Waals surface area (Å²) in [5, 5.41) is 8.47. The van der Waals surface area contributed by atoms with Crippen molar-refractivity contribution < 1.29 is 4.79 Å². The highest BCUT2D eigenvalue weighted by atomic mass is 35.5. The van der Waals surface area contributed by atoms with Gasteiger partial charge < -0.3 is 5.32 Å². The molecule has 0 unspecified atom stereocenters. The highest BCUT2D eigenvalue weighted by molar-refractivity contribution is 6.35. The SMILES string of the molecule is Cc1cccc(C(=O)Nc2cc(C)n(Cc3ccc(Cl)cc3Cl)n2)c1. The van der Waals surface area contributed by atoms with Crippen LogP contribution >= 0.6 is 23.2 Å². The van der Waals surface area contributed by atoms with E-state index >= 15 is 0 Å². The quantitative estimate of drug-likeness (QED) is 0.690. The third-order valence-corrected chi connectivity index (χ3v) is 4.43. The second-order valence-electron chi connectivity index (χ2n) is 5.89. The van der Waals surface area contributed by atoms with Crippen LogP contribution < -0.4 is 5.32 Å². The summed E-state index contributed by atoms with van der Waals surface area (Å²) in [6.07, 6.45) is 0. The van der Waals surface area contributed by atoms with Crippen molar-refractivity contribution in [3.8, 4) is 0 Å². The third kappa shape index (κ3) is 4.21. The molecule has 0 atom stereocenters. The van der Waals surface area contributed by atoms with Crippen molar-refractivity contribution in [3.05, 3.63) is 81.0 Å². The fraction of sp³-hybridized carbons (Fsp3) is 0.158. The Morgan fingerprint density at radius 3 is 2.64 bits per heavy atom. The van der Waals surface area contributed by atoms with Gasteiger partial charge in [0, 0.05) is 27.4 Å². The van der Waals surface area contributed by atoms with Crippen LogP contribution in [0.2, 0.25) is 10.0 Å². The van der Waals surface area contributed by atoms with E-state index in [0.717, 1.165) is 16.8 Å². The molecule has 0 aliphatic rings. The maximum absolute atomic E-state index is 12.3. The Kier molecular flexibility index (Phi) is 5.11. The normalized spacial score (nSPS) is 10.7. The van der Waals surface area contributed by atoms with Crippen LogP contribution in [0.5, 0.6) is 0 Å². The minimum atomic E-state index is -0.183. The van der Waals surface area contributed by atoms with Gasteiger partial charge in [0.1, 0.15) is 0 Å². The minimum Gasteiger partial charge on any atom is -0.305 e. The standard InChI is InChI=1S/C19H17Cl2N3O/c1-12-4-3-5-14(8-12)19(25)22-18-9-13(2)24(23-18)11-15-6-7-16(20)10-17(15)21/h3-10H,11H2,1-2H3,(H,22,23,25). The van der Waals surface area contributed by atoms with Crippen molar-refractivity contribution in [3.63, 3.8) is 0 Å². The average molecular weight is 374 g/mol. The first-order valence-electron chi connectivity index (χ1n) is 7.79. The maximum atomic E-state index is 12.3. The van der Waals surface area contributed by atoms with Crippen molar-refractivity contribution in [2.24, 2.45) is 0 Å². The van der Waals surface area contributed by atoms with Crippen molar-refractivity contribution in [2.45, 2.75) is 20.4 Å². The van der Waals surface area contributed by atoms with E-state index in [4.69, 9.17) is 23.2 Å². The molecule has 1 heterocycles. The fourth-order valence-electron chi connectivity index (χ4n) is 2.52. The highest BCUT2D eigenvalue weighted by Crippen LogP contribution is 2.22. The zero-order valence-corrected chi connectivity index (χ0v) is 15.4. The molecule has 25 heavy (non-hydrogen) atoms. The second-order valence-corrected chi connectivity index (χ2v) is 6.73. The maximum Gasteiger partial charge on any atom is 0.256 e. The van der Waals surface area contributed by atoms with Crippen LogP contribution in [-0.2, 0) is 6.54 Å².